The lowest BCUT2D eigenvalue weighted by Crippen LogP contribution is -2.49. The van der Waals surface area contributed by atoms with E-state index < -0.39 is 5.41 Å². The van der Waals surface area contributed by atoms with Gasteiger partial charge in [0.2, 0.25) is 5.91 Å². The maximum absolute atomic E-state index is 13.6. The van der Waals surface area contributed by atoms with Crippen LogP contribution in [0.1, 0.15) is 30.4 Å². The summed E-state index contributed by atoms with van der Waals surface area (Å²) in [4.78, 5) is 15.6. The number of carbonyl (C=O) groups is 1. The molecule has 2 aromatic rings. The average Bonchev–Trinajstić information content (AvgIpc) is 3.16. The molecule has 23 heavy (non-hydrogen) atoms. The molecule has 4 rings (SSSR count). The summed E-state index contributed by atoms with van der Waals surface area (Å²) in [5.74, 6) is 1.08. The van der Waals surface area contributed by atoms with Crippen LogP contribution in [0.5, 0.6) is 5.75 Å². The zero-order valence-electron chi connectivity index (χ0n) is 13.2. The molecule has 1 fully saturated rings. The highest BCUT2D eigenvalue weighted by molar-refractivity contribution is 5.93. The van der Waals surface area contributed by atoms with Crippen LogP contribution in [-0.4, -0.2) is 30.5 Å². The molecule has 0 saturated carbocycles. The van der Waals surface area contributed by atoms with Gasteiger partial charge in [-0.2, -0.15) is 0 Å². The SMILES string of the molecule is O=C(N1CCCC1)C1(c2ccccc2)CCOc2ccccc21. The van der Waals surface area contributed by atoms with Crippen molar-refractivity contribution in [2.45, 2.75) is 24.7 Å². The molecule has 3 nitrogen and oxygen atoms in total. The van der Waals surface area contributed by atoms with Crippen molar-refractivity contribution in [2.24, 2.45) is 0 Å². The van der Waals surface area contributed by atoms with Crippen molar-refractivity contribution in [3.63, 3.8) is 0 Å². The molecule has 0 aromatic heterocycles. The lowest BCUT2D eigenvalue weighted by molar-refractivity contribution is -0.135. The molecule has 2 aliphatic heterocycles. The quantitative estimate of drug-likeness (QED) is 0.851. The predicted molar refractivity (Wildman–Crippen MR) is 89.6 cm³/mol. The Labute approximate surface area is 136 Å². The Balaban J connectivity index is 1.91. The highest BCUT2D eigenvalue weighted by atomic mass is 16.5. The summed E-state index contributed by atoms with van der Waals surface area (Å²) in [7, 11) is 0. The fraction of sp³-hybridized carbons (Fsp3) is 0.350. The molecule has 0 radical (unpaired) electrons. The van der Waals surface area contributed by atoms with Crippen LogP contribution in [0.2, 0.25) is 0 Å². The van der Waals surface area contributed by atoms with Crippen LogP contribution in [0, 0.1) is 0 Å². The van der Waals surface area contributed by atoms with E-state index in [2.05, 4.69) is 18.2 Å². The van der Waals surface area contributed by atoms with Crippen molar-refractivity contribution in [3.8, 4) is 5.75 Å². The summed E-state index contributed by atoms with van der Waals surface area (Å²) < 4.78 is 5.84. The standard InChI is InChI=1S/C20H21NO2/c22-19(21-13-6-7-14-21)20(16-8-2-1-3-9-16)12-15-23-18-11-5-4-10-17(18)20/h1-5,8-11H,6-7,12-15H2. The fourth-order valence-electron chi connectivity index (χ4n) is 3.95. The summed E-state index contributed by atoms with van der Waals surface area (Å²) in [6, 6.07) is 18.2. The Hall–Kier alpha value is -2.29. The average molecular weight is 307 g/mol. The van der Waals surface area contributed by atoms with Gasteiger partial charge >= 0.3 is 0 Å². The molecular weight excluding hydrogens is 286 g/mol. The second-order valence-electron chi connectivity index (χ2n) is 6.37. The first-order chi connectivity index (χ1) is 11.3. The van der Waals surface area contributed by atoms with Crippen LogP contribution in [0.3, 0.4) is 0 Å². The fourth-order valence-corrected chi connectivity index (χ4v) is 3.95. The molecule has 0 N–H and O–H groups in total. The van der Waals surface area contributed by atoms with Gasteiger partial charge in [-0.1, -0.05) is 48.5 Å². The number of likely N-dealkylation sites (tertiary alicyclic amines) is 1. The van der Waals surface area contributed by atoms with Gasteiger partial charge in [-0.25, -0.2) is 0 Å². The third-order valence-electron chi connectivity index (χ3n) is 5.11. The number of nitrogens with zero attached hydrogens (tertiary/aromatic N) is 1. The number of amides is 1. The molecule has 2 aromatic carbocycles. The van der Waals surface area contributed by atoms with E-state index >= 15 is 0 Å². The van der Waals surface area contributed by atoms with Crippen LogP contribution < -0.4 is 4.74 Å². The largest absolute Gasteiger partial charge is 0.493 e. The van der Waals surface area contributed by atoms with E-state index in [-0.39, 0.29) is 5.91 Å². The second-order valence-corrected chi connectivity index (χ2v) is 6.37. The summed E-state index contributed by atoms with van der Waals surface area (Å²) in [5, 5.41) is 0. The third kappa shape index (κ3) is 2.23. The van der Waals surface area contributed by atoms with Crippen LogP contribution in [-0.2, 0) is 10.2 Å². The molecule has 1 unspecified atom stereocenters. The number of para-hydroxylation sites is 1. The molecular formula is C20H21NO2. The van der Waals surface area contributed by atoms with Crippen LogP contribution >= 0.6 is 0 Å². The van der Waals surface area contributed by atoms with Gasteiger partial charge in [0, 0.05) is 25.1 Å². The summed E-state index contributed by atoms with van der Waals surface area (Å²) in [5.41, 5.74) is 1.47. The van der Waals surface area contributed by atoms with E-state index in [4.69, 9.17) is 4.74 Å². The summed E-state index contributed by atoms with van der Waals surface area (Å²) >= 11 is 0. The number of hydrogen-bond donors (Lipinski definition) is 0. The molecule has 3 heteroatoms. The van der Waals surface area contributed by atoms with Crippen molar-refractivity contribution in [1.29, 1.82) is 0 Å². The minimum atomic E-state index is -0.611. The molecule has 1 saturated heterocycles. The molecule has 2 aliphatic rings. The molecule has 118 valence electrons. The molecule has 0 spiro atoms. The lowest BCUT2D eigenvalue weighted by Gasteiger charge is -2.40. The van der Waals surface area contributed by atoms with Crippen molar-refractivity contribution in [1.82, 2.24) is 4.90 Å². The van der Waals surface area contributed by atoms with Crippen LogP contribution in [0.25, 0.3) is 0 Å². The van der Waals surface area contributed by atoms with Crippen molar-refractivity contribution in [3.05, 3.63) is 65.7 Å². The lowest BCUT2D eigenvalue weighted by atomic mass is 9.69. The first-order valence-electron chi connectivity index (χ1n) is 8.39. The zero-order valence-corrected chi connectivity index (χ0v) is 13.2. The minimum absolute atomic E-state index is 0.233. The number of carbonyl (C=O) groups excluding carboxylic acids is 1. The van der Waals surface area contributed by atoms with Gasteiger partial charge < -0.3 is 9.64 Å². The minimum Gasteiger partial charge on any atom is -0.493 e. The van der Waals surface area contributed by atoms with Gasteiger partial charge in [0.15, 0.2) is 0 Å². The van der Waals surface area contributed by atoms with Gasteiger partial charge in [0.05, 0.1) is 6.61 Å². The monoisotopic (exact) mass is 307 g/mol. The molecule has 1 amide bonds. The normalized spacial score (nSPS) is 23.2. The maximum Gasteiger partial charge on any atom is 0.237 e. The van der Waals surface area contributed by atoms with Crippen molar-refractivity contribution >= 4 is 5.91 Å². The Morgan fingerprint density at radius 2 is 1.65 bits per heavy atom. The Kier molecular flexibility index (Phi) is 3.56. The molecule has 1 atom stereocenters. The topological polar surface area (TPSA) is 29.5 Å². The Bertz CT molecular complexity index is 707. The Morgan fingerprint density at radius 1 is 0.957 bits per heavy atom. The summed E-state index contributed by atoms with van der Waals surface area (Å²) in [6.07, 6.45) is 2.91. The van der Waals surface area contributed by atoms with E-state index in [0.717, 1.165) is 42.8 Å². The highest BCUT2D eigenvalue weighted by Crippen LogP contribution is 2.45. The smallest absolute Gasteiger partial charge is 0.237 e. The first kappa shape index (κ1) is 14.3. The highest BCUT2D eigenvalue weighted by Gasteiger charge is 2.48. The third-order valence-corrected chi connectivity index (χ3v) is 5.11. The van der Waals surface area contributed by atoms with Crippen molar-refractivity contribution in [2.75, 3.05) is 19.7 Å². The molecule has 0 bridgehead atoms. The van der Waals surface area contributed by atoms with Gasteiger partial charge in [0.25, 0.3) is 0 Å². The number of fused-ring (bicyclic) bond motifs is 1. The predicted octanol–water partition coefficient (Wildman–Crippen LogP) is 3.38. The van der Waals surface area contributed by atoms with Gasteiger partial charge in [-0.05, 0) is 24.5 Å². The van der Waals surface area contributed by atoms with Crippen molar-refractivity contribution < 1.29 is 9.53 Å². The summed E-state index contributed by atoms with van der Waals surface area (Å²) in [6.45, 7) is 2.32. The number of ether oxygens (including phenoxy) is 1. The molecule has 0 aliphatic carbocycles. The zero-order chi connectivity index (χ0) is 15.7. The van der Waals surface area contributed by atoms with Gasteiger partial charge in [-0.15, -0.1) is 0 Å². The van der Waals surface area contributed by atoms with E-state index in [1.54, 1.807) is 0 Å². The first-order valence-corrected chi connectivity index (χ1v) is 8.39. The maximum atomic E-state index is 13.6. The van der Waals surface area contributed by atoms with E-state index in [1.807, 2.05) is 41.3 Å². The number of benzene rings is 2. The van der Waals surface area contributed by atoms with Crippen LogP contribution in [0.15, 0.2) is 54.6 Å². The van der Waals surface area contributed by atoms with E-state index in [0.29, 0.717) is 13.0 Å². The van der Waals surface area contributed by atoms with Gasteiger partial charge in [0.1, 0.15) is 11.2 Å². The Morgan fingerprint density at radius 3 is 2.43 bits per heavy atom. The number of rotatable bonds is 2. The number of hydrogen-bond acceptors (Lipinski definition) is 2. The van der Waals surface area contributed by atoms with Gasteiger partial charge in [-0.3, -0.25) is 4.79 Å². The second kappa shape index (κ2) is 5.73. The van der Waals surface area contributed by atoms with E-state index in [1.165, 1.54) is 0 Å². The molecule has 2 heterocycles. The van der Waals surface area contributed by atoms with Crippen LogP contribution in [0.4, 0.5) is 0 Å². The van der Waals surface area contributed by atoms with E-state index in [9.17, 15) is 4.79 Å².